The van der Waals surface area contributed by atoms with E-state index < -0.39 is 0 Å². The molecule has 0 spiro atoms. The summed E-state index contributed by atoms with van der Waals surface area (Å²) in [7, 11) is 1.55. The first-order chi connectivity index (χ1) is 14.1. The second-order valence-electron chi connectivity index (χ2n) is 6.77. The number of nitrogens with one attached hydrogen (secondary N) is 1. The van der Waals surface area contributed by atoms with Crippen LogP contribution in [0.3, 0.4) is 0 Å². The SMILES string of the molecule is COc1ccc(CNC(=O)c2ccc3c(c2)CC(c2ccccc2)OC3=O)cn1. The second-order valence-corrected chi connectivity index (χ2v) is 6.77. The molecule has 4 rings (SSSR count). The molecule has 1 N–H and O–H groups in total. The van der Waals surface area contributed by atoms with Crippen LogP contribution >= 0.6 is 0 Å². The molecule has 6 heteroatoms. The van der Waals surface area contributed by atoms with Gasteiger partial charge in [0.05, 0.1) is 12.7 Å². The lowest BCUT2D eigenvalue weighted by atomic mass is 9.93. The Bertz CT molecular complexity index is 1030. The smallest absolute Gasteiger partial charge is 0.339 e. The Balaban J connectivity index is 1.48. The topological polar surface area (TPSA) is 77.5 Å². The highest BCUT2D eigenvalue weighted by molar-refractivity contribution is 5.97. The molecule has 1 unspecified atom stereocenters. The fourth-order valence-electron chi connectivity index (χ4n) is 3.31. The van der Waals surface area contributed by atoms with Crippen LogP contribution < -0.4 is 10.1 Å². The van der Waals surface area contributed by atoms with Crippen LogP contribution in [0.2, 0.25) is 0 Å². The maximum Gasteiger partial charge on any atom is 0.339 e. The van der Waals surface area contributed by atoms with Crippen LogP contribution in [0.1, 0.15) is 43.5 Å². The van der Waals surface area contributed by atoms with Gasteiger partial charge in [-0.1, -0.05) is 36.4 Å². The zero-order chi connectivity index (χ0) is 20.2. The number of hydrogen-bond acceptors (Lipinski definition) is 5. The Labute approximate surface area is 168 Å². The van der Waals surface area contributed by atoms with Gasteiger partial charge in [0, 0.05) is 30.8 Å². The van der Waals surface area contributed by atoms with Crippen molar-refractivity contribution in [1.29, 1.82) is 0 Å². The van der Waals surface area contributed by atoms with Gasteiger partial charge in [0.2, 0.25) is 5.88 Å². The van der Waals surface area contributed by atoms with Crippen molar-refractivity contribution in [3.63, 3.8) is 0 Å². The lowest BCUT2D eigenvalue weighted by molar-refractivity contribution is 0.0252. The molecule has 6 nitrogen and oxygen atoms in total. The first-order valence-electron chi connectivity index (χ1n) is 9.30. The number of aromatic nitrogens is 1. The number of hydrogen-bond donors (Lipinski definition) is 1. The molecule has 1 aromatic heterocycles. The molecule has 146 valence electrons. The minimum Gasteiger partial charge on any atom is -0.481 e. The van der Waals surface area contributed by atoms with Crippen molar-refractivity contribution >= 4 is 11.9 Å². The molecule has 1 amide bonds. The van der Waals surface area contributed by atoms with Gasteiger partial charge in [0.15, 0.2) is 0 Å². The van der Waals surface area contributed by atoms with Crippen LogP contribution in [0, 0.1) is 0 Å². The van der Waals surface area contributed by atoms with Gasteiger partial charge in [0.1, 0.15) is 6.10 Å². The molecule has 0 saturated carbocycles. The Hall–Kier alpha value is -3.67. The molecule has 1 aliphatic heterocycles. The van der Waals surface area contributed by atoms with Crippen LogP contribution in [-0.2, 0) is 17.7 Å². The van der Waals surface area contributed by atoms with Gasteiger partial charge in [0.25, 0.3) is 5.91 Å². The Morgan fingerprint density at radius 1 is 1.17 bits per heavy atom. The Morgan fingerprint density at radius 3 is 2.72 bits per heavy atom. The molecule has 0 saturated heterocycles. The third-order valence-electron chi connectivity index (χ3n) is 4.87. The van der Waals surface area contributed by atoms with Crippen molar-refractivity contribution in [2.75, 3.05) is 7.11 Å². The summed E-state index contributed by atoms with van der Waals surface area (Å²) in [6, 6.07) is 18.3. The van der Waals surface area contributed by atoms with Gasteiger partial charge < -0.3 is 14.8 Å². The normalized spacial score (nSPS) is 15.2. The van der Waals surface area contributed by atoms with Crippen LogP contribution in [0.15, 0.2) is 66.9 Å². The van der Waals surface area contributed by atoms with Crippen molar-refractivity contribution in [2.24, 2.45) is 0 Å². The summed E-state index contributed by atoms with van der Waals surface area (Å²) in [5.41, 5.74) is 3.63. The first-order valence-corrected chi connectivity index (χ1v) is 9.30. The minimum absolute atomic E-state index is 0.209. The average molecular weight is 388 g/mol. The number of carbonyl (C=O) groups excluding carboxylic acids is 2. The summed E-state index contributed by atoms with van der Waals surface area (Å²) in [5, 5.41) is 2.88. The number of ether oxygens (including phenoxy) is 2. The van der Waals surface area contributed by atoms with Crippen LogP contribution in [-0.4, -0.2) is 24.0 Å². The summed E-state index contributed by atoms with van der Waals surface area (Å²) >= 11 is 0. The van der Waals surface area contributed by atoms with Gasteiger partial charge in [-0.2, -0.15) is 0 Å². The third kappa shape index (κ3) is 4.11. The van der Waals surface area contributed by atoms with E-state index in [4.69, 9.17) is 9.47 Å². The lowest BCUT2D eigenvalue weighted by Crippen LogP contribution is -2.25. The molecular formula is C23H20N2O4. The van der Waals surface area contributed by atoms with Crippen molar-refractivity contribution in [3.8, 4) is 5.88 Å². The number of nitrogens with zero attached hydrogens (tertiary/aromatic N) is 1. The average Bonchev–Trinajstić information content (AvgIpc) is 2.78. The molecule has 3 aromatic rings. The van der Waals surface area contributed by atoms with Crippen LogP contribution in [0.4, 0.5) is 0 Å². The highest BCUT2D eigenvalue weighted by Gasteiger charge is 2.28. The molecule has 2 heterocycles. The van der Waals surface area contributed by atoms with Crippen LogP contribution in [0.25, 0.3) is 0 Å². The van der Waals surface area contributed by atoms with E-state index in [9.17, 15) is 9.59 Å². The lowest BCUT2D eigenvalue weighted by Gasteiger charge is -2.25. The van der Waals surface area contributed by atoms with Gasteiger partial charge in [-0.25, -0.2) is 9.78 Å². The van der Waals surface area contributed by atoms with Gasteiger partial charge in [-0.05, 0) is 34.9 Å². The number of benzene rings is 2. The van der Waals surface area contributed by atoms with E-state index in [2.05, 4.69) is 10.3 Å². The predicted molar refractivity (Wildman–Crippen MR) is 107 cm³/mol. The first kappa shape index (κ1) is 18.7. The molecule has 1 aliphatic rings. The zero-order valence-corrected chi connectivity index (χ0v) is 15.9. The second kappa shape index (κ2) is 8.14. The summed E-state index contributed by atoms with van der Waals surface area (Å²) in [5.74, 6) is -0.0511. The number of rotatable bonds is 5. The fraction of sp³-hybridized carbons (Fsp3) is 0.174. The van der Waals surface area contributed by atoms with Crippen LogP contribution in [0.5, 0.6) is 5.88 Å². The zero-order valence-electron chi connectivity index (χ0n) is 15.9. The van der Waals surface area contributed by atoms with E-state index in [0.717, 1.165) is 16.7 Å². The van der Waals surface area contributed by atoms with E-state index in [1.807, 2.05) is 36.4 Å². The number of carbonyl (C=O) groups is 2. The van der Waals surface area contributed by atoms with E-state index >= 15 is 0 Å². The van der Waals surface area contributed by atoms with Crippen molar-refractivity contribution in [1.82, 2.24) is 10.3 Å². The van der Waals surface area contributed by atoms with Gasteiger partial charge in [-0.3, -0.25) is 4.79 Å². The van der Waals surface area contributed by atoms with Gasteiger partial charge in [-0.15, -0.1) is 0 Å². The van der Waals surface area contributed by atoms with Crippen molar-refractivity contribution in [3.05, 3.63) is 94.7 Å². The molecule has 0 aliphatic carbocycles. The minimum atomic E-state index is -0.364. The molecule has 29 heavy (non-hydrogen) atoms. The van der Waals surface area contributed by atoms with E-state index in [-0.39, 0.29) is 18.0 Å². The number of esters is 1. The molecule has 1 atom stereocenters. The van der Waals surface area contributed by atoms with Gasteiger partial charge >= 0.3 is 5.97 Å². The Morgan fingerprint density at radius 2 is 2.00 bits per heavy atom. The summed E-state index contributed by atoms with van der Waals surface area (Å²) in [6.45, 7) is 0.349. The largest absolute Gasteiger partial charge is 0.481 e. The standard InChI is InChI=1S/C23H20N2O4/c1-28-21-10-7-15(13-24-21)14-25-22(26)17-8-9-19-18(11-17)12-20(29-23(19)27)16-5-3-2-4-6-16/h2-11,13,20H,12,14H2,1H3,(H,25,26). The predicted octanol–water partition coefficient (Wildman–Crippen LogP) is 3.47. The molecular weight excluding hydrogens is 368 g/mol. The number of pyridine rings is 1. The maximum absolute atomic E-state index is 12.6. The monoisotopic (exact) mass is 388 g/mol. The quantitative estimate of drug-likeness (QED) is 0.677. The molecule has 0 bridgehead atoms. The number of methoxy groups -OCH3 is 1. The fourth-order valence-corrected chi connectivity index (χ4v) is 3.31. The number of fused-ring (bicyclic) bond motifs is 1. The summed E-state index contributed by atoms with van der Waals surface area (Å²) < 4.78 is 10.6. The maximum atomic E-state index is 12.6. The van der Waals surface area contributed by atoms with E-state index in [1.165, 1.54) is 0 Å². The Kier molecular flexibility index (Phi) is 5.24. The van der Waals surface area contributed by atoms with Crippen molar-refractivity contribution < 1.29 is 19.1 Å². The molecule has 2 aromatic carbocycles. The number of amides is 1. The van der Waals surface area contributed by atoms with Crippen molar-refractivity contribution in [2.45, 2.75) is 19.1 Å². The highest BCUT2D eigenvalue weighted by Crippen LogP contribution is 2.31. The number of cyclic esters (lactones) is 1. The third-order valence-corrected chi connectivity index (χ3v) is 4.87. The summed E-state index contributed by atoms with van der Waals surface area (Å²) in [4.78, 5) is 29.1. The highest BCUT2D eigenvalue weighted by atomic mass is 16.5. The summed E-state index contributed by atoms with van der Waals surface area (Å²) in [6.07, 6.45) is 1.85. The molecule has 0 radical (unpaired) electrons. The van der Waals surface area contributed by atoms with E-state index in [0.29, 0.717) is 30.0 Å². The molecule has 0 fully saturated rings. The van der Waals surface area contributed by atoms with E-state index in [1.54, 1.807) is 37.6 Å².